The molecule has 0 amide bonds. The Morgan fingerprint density at radius 1 is 1.67 bits per heavy atom. The van der Waals surface area contributed by atoms with Gasteiger partial charge >= 0.3 is 0 Å². The fourth-order valence-corrected chi connectivity index (χ4v) is 2.05. The first-order valence-electron chi connectivity index (χ1n) is 3.83. The molecule has 2 rings (SSSR count). The molecule has 0 bridgehead atoms. The van der Waals surface area contributed by atoms with Gasteiger partial charge in [0.15, 0.2) is 0 Å². The lowest BCUT2D eigenvalue weighted by Crippen LogP contribution is -1.89. The standard InChI is InChI=1S/C8H10N2OS/c1-4(9)6-7(11)10-8(12-6)5-2-3-5/h5,11H,1-3,9H2. The zero-order chi connectivity index (χ0) is 8.72. The number of nitrogens with zero attached hydrogens (tertiary/aromatic N) is 1. The highest BCUT2D eigenvalue weighted by atomic mass is 32.1. The van der Waals surface area contributed by atoms with E-state index in [2.05, 4.69) is 11.6 Å². The molecule has 1 aliphatic rings. The Morgan fingerprint density at radius 2 is 2.33 bits per heavy atom. The van der Waals surface area contributed by atoms with Crippen molar-refractivity contribution >= 4 is 17.0 Å². The molecule has 1 aromatic rings. The van der Waals surface area contributed by atoms with Crippen LogP contribution < -0.4 is 5.73 Å². The van der Waals surface area contributed by atoms with Crippen molar-refractivity contribution in [1.29, 1.82) is 0 Å². The van der Waals surface area contributed by atoms with Gasteiger partial charge in [-0.3, -0.25) is 0 Å². The summed E-state index contributed by atoms with van der Waals surface area (Å²) in [6, 6.07) is 0. The second-order valence-electron chi connectivity index (χ2n) is 3.00. The van der Waals surface area contributed by atoms with Crippen LogP contribution in [0.1, 0.15) is 28.6 Å². The van der Waals surface area contributed by atoms with E-state index in [1.165, 1.54) is 24.2 Å². The molecule has 3 N–H and O–H groups in total. The van der Waals surface area contributed by atoms with Crippen LogP contribution >= 0.6 is 11.3 Å². The van der Waals surface area contributed by atoms with Crippen LogP contribution in [-0.2, 0) is 0 Å². The Bertz CT molecular complexity index is 328. The summed E-state index contributed by atoms with van der Waals surface area (Å²) in [5.74, 6) is 0.600. The fraction of sp³-hybridized carbons (Fsp3) is 0.375. The van der Waals surface area contributed by atoms with Gasteiger partial charge < -0.3 is 10.8 Å². The van der Waals surface area contributed by atoms with Gasteiger partial charge in [-0.05, 0) is 12.8 Å². The predicted octanol–water partition coefficient (Wildman–Crippen LogP) is 1.66. The minimum atomic E-state index is 0.0365. The van der Waals surface area contributed by atoms with E-state index >= 15 is 0 Å². The third-order valence-corrected chi connectivity index (χ3v) is 3.13. The van der Waals surface area contributed by atoms with Crippen molar-refractivity contribution in [2.45, 2.75) is 18.8 Å². The normalized spacial score (nSPS) is 16.3. The Hall–Kier alpha value is -1.03. The second kappa shape index (κ2) is 2.48. The van der Waals surface area contributed by atoms with Crippen molar-refractivity contribution in [2.75, 3.05) is 0 Å². The van der Waals surface area contributed by atoms with Crippen LogP contribution in [-0.4, -0.2) is 10.1 Å². The lowest BCUT2D eigenvalue weighted by atomic mass is 10.4. The Morgan fingerprint density at radius 3 is 2.75 bits per heavy atom. The van der Waals surface area contributed by atoms with Crippen molar-refractivity contribution in [3.63, 3.8) is 0 Å². The van der Waals surface area contributed by atoms with Crippen LogP contribution in [0.3, 0.4) is 0 Å². The van der Waals surface area contributed by atoms with Crippen molar-refractivity contribution in [2.24, 2.45) is 5.73 Å². The first-order valence-corrected chi connectivity index (χ1v) is 4.64. The molecule has 0 atom stereocenters. The van der Waals surface area contributed by atoms with E-state index in [1.807, 2.05) is 0 Å². The summed E-state index contributed by atoms with van der Waals surface area (Å²) in [5.41, 5.74) is 5.86. The molecule has 0 saturated heterocycles. The summed E-state index contributed by atoms with van der Waals surface area (Å²) in [6.45, 7) is 3.57. The maximum absolute atomic E-state index is 9.34. The number of aromatic nitrogens is 1. The van der Waals surface area contributed by atoms with Gasteiger partial charge in [0.25, 0.3) is 0 Å². The summed E-state index contributed by atoms with van der Waals surface area (Å²) in [5, 5.41) is 10.3. The highest BCUT2D eigenvalue weighted by molar-refractivity contribution is 7.13. The quantitative estimate of drug-likeness (QED) is 0.731. The molecule has 1 saturated carbocycles. The number of rotatable bonds is 2. The Balaban J connectivity index is 2.36. The first-order chi connectivity index (χ1) is 5.68. The maximum Gasteiger partial charge on any atom is 0.231 e. The Labute approximate surface area is 74.6 Å². The first kappa shape index (κ1) is 7.61. The molecule has 4 heteroatoms. The predicted molar refractivity (Wildman–Crippen MR) is 49.0 cm³/mol. The van der Waals surface area contributed by atoms with Crippen LogP contribution in [0.25, 0.3) is 5.70 Å². The molecule has 1 fully saturated rings. The van der Waals surface area contributed by atoms with E-state index in [1.54, 1.807) is 0 Å². The lowest BCUT2D eigenvalue weighted by Gasteiger charge is -1.90. The van der Waals surface area contributed by atoms with Crippen molar-refractivity contribution < 1.29 is 5.11 Å². The average molecular weight is 182 g/mol. The van der Waals surface area contributed by atoms with Gasteiger partial charge in [0, 0.05) is 11.6 Å². The summed E-state index contributed by atoms with van der Waals surface area (Å²) in [4.78, 5) is 4.65. The molecule has 64 valence electrons. The van der Waals surface area contributed by atoms with Crippen molar-refractivity contribution in [1.82, 2.24) is 4.98 Å². The average Bonchev–Trinajstić information content (AvgIpc) is 2.75. The van der Waals surface area contributed by atoms with Gasteiger partial charge in [-0.2, -0.15) is 0 Å². The van der Waals surface area contributed by atoms with Gasteiger partial charge in [0.1, 0.15) is 9.88 Å². The molecule has 0 aliphatic heterocycles. The highest BCUT2D eigenvalue weighted by Gasteiger charge is 2.28. The minimum absolute atomic E-state index is 0.0365. The molecular weight excluding hydrogens is 172 g/mol. The smallest absolute Gasteiger partial charge is 0.231 e. The molecule has 1 aromatic heterocycles. The van der Waals surface area contributed by atoms with Gasteiger partial charge in [0.05, 0.1) is 0 Å². The number of thiazole rings is 1. The molecule has 1 heterocycles. The van der Waals surface area contributed by atoms with Gasteiger partial charge in [-0.1, -0.05) is 6.58 Å². The summed E-state index contributed by atoms with van der Waals surface area (Å²) >= 11 is 1.45. The van der Waals surface area contributed by atoms with E-state index in [0.717, 1.165) is 5.01 Å². The second-order valence-corrected chi connectivity index (χ2v) is 4.03. The highest BCUT2D eigenvalue weighted by Crippen LogP contribution is 2.44. The lowest BCUT2D eigenvalue weighted by molar-refractivity contribution is 0.454. The zero-order valence-electron chi connectivity index (χ0n) is 6.58. The molecule has 0 spiro atoms. The molecule has 0 radical (unpaired) electrons. The largest absolute Gasteiger partial charge is 0.492 e. The molecule has 3 nitrogen and oxygen atoms in total. The topological polar surface area (TPSA) is 59.1 Å². The summed E-state index contributed by atoms with van der Waals surface area (Å²) in [7, 11) is 0. The maximum atomic E-state index is 9.34. The zero-order valence-corrected chi connectivity index (χ0v) is 7.40. The van der Waals surface area contributed by atoms with E-state index in [0.29, 0.717) is 16.5 Å². The van der Waals surface area contributed by atoms with Crippen LogP contribution in [0.2, 0.25) is 0 Å². The molecule has 12 heavy (non-hydrogen) atoms. The number of hydrogen-bond donors (Lipinski definition) is 2. The van der Waals surface area contributed by atoms with Gasteiger partial charge in [-0.25, -0.2) is 4.98 Å². The molecule has 0 aromatic carbocycles. The van der Waals surface area contributed by atoms with Crippen LogP contribution in [0, 0.1) is 0 Å². The molecular formula is C8H10N2OS. The van der Waals surface area contributed by atoms with Crippen molar-refractivity contribution in [3.05, 3.63) is 16.5 Å². The third kappa shape index (κ3) is 1.18. The van der Waals surface area contributed by atoms with Crippen LogP contribution in [0.4, 0.5) is 0 Å². The monoisotopic (exact) mass is 182 g/mol. The fourth-order valence-electron chi connectivity index (χ4n) is 1.04. The minimum Gasteiger partial charge on any atom is -0.492 e. The molecule has 1 aliphatic carbocycles. The Kier molecular flexibility index (Phi) is 1.58. The number of hydrogen-bond acceptors (Lipinski definition) is 4. The summed E-state index contributed by atoms with van der Waals surface area (Å²) in [6.07, 6.45) is 2.37. The van der Waals surface area contributed by atoms with Crippen molar-refractivity contribution in [3.8, 4) is 5.88 Å². The SMILES string of the molecule is C=C(N)c1sc(C2CC2)nc1O. The van der Waals surface area contributed by atoms with E-state index < -0.39 is 0 Å². The number of aromatic hydroxyl groups is 1. The molecule has 0 unspecified atom stereocenters. The van der Waals surface area contributed by atoms with Gasteiger partial charge in [0.2, 0.25) is 5.88 Å². The van der Waals surface area contributed by atoms with E-state index in [9.17, 15) is 5.11 Å². The third-order valence-electron chi connectivity index (χ3n) is 1.84. The van der Waals surface area contributed by atoms with Gasteiger partial charge in [-0.15, -0.1) is 11.3 Å². The van der Waals surface area contributed by atoms with E-state index in [4.69, 9.17) is 5.73 Å². The van der Waals surface area contributed by atoms with Crippen LogP contribution in [0.5, 0.6) is 5.88 Å². The van der Waals surface area contributed by atoms with Crippen LogP contribution in [0.15, 0.2) is 6.58 Å². The number of nitrogens with two attached hydrogens (primary N) is 1. The summed E-state index contributed by atoms with van der Waals surface area (Å²) < 4.78 is 0. The van der Waals surface area contributed by atoms with E-state index in [-0.39, 0.29) is 5.88 Å².